The third kappa shape index (κ3) is 47.6. The fraction of sp³-hybridized carbons (Fsp3) is 1.00. The molecule has 11 nitrogen and oxygen atoms in total. The first-order chi connectivity index (χ1) is 24.4. The first-order valence-electron chi connectivity index (χ1n) is 19.8. The molecular weight excluding hydrogens is 632 g/mol. The summed E-state index contributed by atoms with van der Waals surface area (Å²) in [6, 6.07) is 0. The van der Waals surface area contributed by atoms with Crippen molar-refractivity contribution in [3.05, 3.63) is 0 Å². The minimum absolute atomic E-state index is 0.528. The van der Waals surface area contributed by atoms with Crippen molar-refractivity contribution < 1.29 is 52.1 Å². The van der Waals surface area contributed by atoms with Gasteiger partial charge in [0, 0.05) is 13.2 Å². The first-order valence-corrected chi connectivity index (χ1v) is 19.8. The number of ether oxygens (including phenoxy) is 11. The van der Waals surface area contributed by atoms with Crippen molar-refractivity contribution in [3.8, 4) is 0 Å². The highest BCUT2D eigenvalue weighted by Gasteiger charge is 1.98. The topological polar surface area (TPSA) is 102 Å². The van der Waals surface area contributed by atoms with Crippen molar-refractivity contribution in [3.63, 3.8) is 0 Å². The molecular formula is C38H78O11. The van der Waals surface area contributed by atoms with Crippen molar-refractivity contribution in [1.82, 2.24) is 0 Å². The molecule has 0 fully saturated rings. The van der Waals surface area contributed by atoms with Crippen LogP contribution in [0.25, 0.3) is 0 Å². The first kappa shape index (κ1) is 48.6. The smallest absolute Gasteiger partial charge is 0.0701 e. The molecule has 0 saturated carbocycles. The highest BCUT2D eigenvalue weighted by atomic mass is 16.6. The summed E-state index contributed by atoms with van der Waals surface area (Å²) in [7, 11) is 0. The Labute approximate surface area is 300 Å². The van der Waals surface area contributed by atoms with E-state index in [0.29, 0.717) is 139 Å². The zero-order valence-electron chi connectivity index (χ0n) is 31.9. The molecule has 49 heavy (non-hydrogen) atoms. The van der Waals surface area contributed by atoms with Crippen LogP contribution in [0.3, 0.4) is 0 Å². The molecule has 11 heteroatoms. The molecule has 0 aliphatic rings. The molecule has 0 aliphatic carbocycles. The van der Waals surface area contributed by atoms with Crippen molar-refractivity contribution in [2.75, 3.05) is 145 Å². The maximum atomic E-state index is 5.68. The van der Waals surface area contributed by atoms with E-state index in [0.717, 1.165) is 13.0 Å². The van der Waals surface area contributed by atoms with Gasteiger partial charge in [0.15, 0.2) is 0 Å². The van der Waals surface area contributed by atoms with Gasteiger partial charge in [-0.15, -0.1) is 0 Å². The van der Waals surface area contributed by atoms with Crippen LogP contribution in [0, 0.1) is 0 Å². The maximum Gasteiger partial charge on any atom is 0.0701 e. The molecule has 0 aromatic rings. The summed E-state index contributed by atoms with van der Waals surface area (Å²) < 4.78 is 60.2. The molecule has 296 valence electrons. The Morgan fingerprint density at radius 3 is 0.592 bits per heavy atom. The van der Waals surface area contributed by atoms with E-state index in [-0.39, 0.29) is 0 Å². The van der Waals surface area contributed by atoms with Gasteiger partial charge in [0.2, 0.25) is 0 Å². The minimum atomic E-state index is 0.528. The Kier molecular flexibility index (Phi) is 47.1. The van der Waals surface area contributed by atoms with E-state index in [9.17, 15) is 0 Å². The molecule has 0 unspecified atom stereocenters. The van der Waals surface area contributed by atoms with Crippen LogP contribution >= 0.6 is 0 Å². The van der Waals surface area contributed by atoms with Crippen LogP contribution < -0.4 is 0 Å². The molecule has 0 aromatic carbocycles. The Hall–Kier alpha value is -0.440. The Balaban J connectivity index is 3.04. The van der Waals surface area contributed by atoms with Crippen LogP contribution in [0.4, 0.5) is 0 Å². The van der Waals surface area contributed by atoms with Crippen LogP contribution in [0.2, 0.25) is 0 Å². The Bertz CT molecular complexity index is 514. The fourth-order valence-electron chi connectivity index (χ4n) is 4.74. The summed E-state index contributed by atoms with van der Waals surface area (Å²) in [5.41, 5.74) is 0. The van der Waals surface area contributed by atoms with Gasteiger partial charge < -0.3 is 52.1 Å². The molecule has 0 atom stereocenters. The van der Waals surface area contributed by atoms with Crippen LogP contribution in [0.15, 0.2) is 0 Å². The summed E-state index contributed by atoms with van der Waals surface area (Å²) in [6.07, 6.45) is 19.3. The fourth-order valence-corrected chi connectivity index (χ4v) is 4.74. The summed E-state index contributed by atoms with van der Waals surface area (Å²) in [6.45, 7) is 17.0. The molecule has 0 rings (SSSR count). The average molecular weight is 711 g/mol. The third-order valence-electron chi connectivity index (χ3n) is 7.57. The molecule has 0 spiro atoms. The number of unbranched alkanes of at least 4 members (excludes halogenated alkanes) is 13. The lowest BCUT2D eigenvalue weighted by Crippen LogP contribution is -2.15. The highest BCUT2D eigenvalue weighted by Crippen LogP contribution is 2.13. The predicted molar refractivity (Wildman–Crippen MR) is 195 cm³/mol. The normalized spacial score (nSPS) is 11.6. The van der Waals surface area contributed by atoms with Crippen molar-refractivity contribution in [1.29, 1.82) is 0 Å². The number of hydrogen-bond donors (Lipinski definition) is 0. The second-order valence-electron chi connectivity index (χ2n) is 11.9. The SMILES string of the molecule is CCCCCCCCCCCCCCCCOCCOCCOCCOCCOCCOCCOCCOCCOCCOCCOCC. The van der Waals surface area contributed by atoms with Gasteiger partial charge in [-0.25, -0.2) is 0 Å². The van der Waals surface area contributed by atoms with Crippen LogP contribution in [0.5, 0.6) is 0 Å². The van der Waals surface area contributed by atoms with E-state index in [1.54, 1.807) is 0 Å². The molecule has 0 N–H and O–H groups in total. The van der Waals surface area contributed by atoms with Crippen LogP contribution in [-0.2, 0) is 52.1 Å². The van der Waals surface area contributed by atoms with Gasteiger partial charge in [-0.05, 0) is 13.3 Å². The second kappa shape index (κ2) is 47.6. The summed E-state index contributed by atoms with van der Waals surface area (Å²) in [4.78, 5) is 0. The molecule has 0 amide bonds. The summed E-state index contributed by atoms with van der Waals surface area (Å²) >= 11 is 0. The van der Waals surface area contributed by atoms with Crippen molar-refractivity contribution in [2.24, 2.45) is 0 Å². The molecule has 0 saturated heterocycles. The average Bonchev–Trinajstić information content (AvgIpc) is 3.11. The molecule has 0 radical (unpaired) electrons. The number of rotatable bonds is 46. The second-order valence-corrected chi connectivity index (χ2v) is 11.9. The van der Waals surface area contributed by atoms with E-state index >= 15 is 0 Å². The van der Waals surface area contributed by atoms with Gasteiger partial charge in [-0.3, -0.25) is 0 Å². The standard InChI is InChI=1S/C38H78O11/c1-3-5-6-7-8-9-10-11-12-13-14-15-16-17-18-40-21-22-42-25-26-44-29-30-46-33-34-48-37-38-49-36-35-47-32-31-45-28-27-43-24-23-41-20-19-39-4-2/h3-38H2,1-2H3. The molecule has 0 aromatic heterocycles. The van der Waals surface area contributed by atoms with Crippen LogP contribution in [-0.4, -0.2) is 145 Å². The Morgan fingerprint density at radius 1 is 0.184 bits per heavy atom. The largest absolute Gasteiger partial charge is 0.379 e. The quantitative estimate of drug-likeness (QED) is 0.0634. The molecule has 0 aliphatic heterocycles. The van der Waals surface area contributed by atoms with Gasteiger partial charge in [-0.1, -0.05) is 90.4 Å². The van der Waals surface area contributed by atoms with E-state index < -0.39 is 0 Å². The van der Waals surface area contributed by atoms with E-state index in [1.807, 2.05) is 6.92 Å². The minimum Gasteiger partial charge on any atom is -0.379 e. The van der Waals surface area contributed by atoms with Crippen LogP contribution in [0.1, 0.15) is 104 Å². The van der Waals surface area contributed by atoms with Gasteiger partial charge in [0.1, 0.15) is 0 Å². The molecule has 0 heterocycles. The lowest BCUT2D eigenvalue weighted by atomic mass is 10.0. The summed E-state index contributed by atoms with van der Waals surface area (Å²) in [5.74, 6) is 0. The molecule has 0 bridgehead atoms. The van der Waals surface area contributed by atoms with Crippen molar-refractivity contribution >= 4 is 0 Å². The van der Waals surface area contributed by atoms with E-state index in [4.69, 9.17) is 52.1 Å². The monoisotopic (exact) mass is 711 g/mol. The van der Waals surface area contributed by atoms with E-state index in [1.165, 1.54) is 83.5 Å². The lowest BCUT2D eigenvalue weighted by Gasteiger charge is -2.09. The number of hydrogen-bond acceptors (Lipinski definition) is 11. The Morgan fingerprint density at radius 2 is 0.367 bits per heavy atom. The lowest BCUT2D eigenvalue weighted by molar-refractivity contribution is -0.0274. The highest BCUT2D eigenvalue weighted by molar-refractivity contribution is 4.49. The predicted octanol–water partition coefficient (Wildman–Crippen LogP) is 6.67. The van der Waals surface area contributed by atoms with Gasteiger partial charge in [0.05, 0.1) is 132 Å². The van der Waals surface area contributed by atoms with E-state index in [2.05, 4.69) is 6.92 Å². The third-order valence-corrected chi connectivity index (χ3v) is 7.57. The maximum absolute atomic E-state index is 5.68. The van der Waals surface area contributed by atoms with Gasteiger partial charge >= 0.3 is 0 Å². The van der Waals surface area contributed by atoms with Gasteiger partial charge in [0.25, 0.3) is 0 Å². The van der Waals surface area contributed by atoms with Gasteiger partial charge in [-0.2, -0.15) is 0 Å². The summed E-state index contributed by atoms with van der Waals surface area (Å²) in [5, 5.41) is 0. The zero-order chi connectivity index (χ0) is 35.2. The zero-order valence-corrected chi connectivity index (χ0v) is 31.9. The van der Waals surface area contributed by atoms with Crippen molar-refractivity contribution in [2.45, 2.75) is 104 Å².